The molecule has 0 atom stereocenters. The quantitative estimate of drug-likeness (QED) is 0.384. The molecule has 0 unspecified atom stereocenters. The van der Waals surface area contributed by atoms with Gasteiger partial charge in [-0.05, 0) is 44.0 Å². The van der Waals surface area contributed by atoms with Crippen molar-refractivity contribution in [2.75, 3.05) is 11.3 Å². The summed E-state index contributed by atoms with van der Waals surface area (Å²) in [4.78, 5) is 17.4. The Hall–Kier alpha value is -3.33. The van der Waals surface area contributed by atoms with Crippen LogP contribution < -0.4 is 4.72 Å². The highest BCUT2D eigenvalue weighted by Gasteiger charge is 2.16. The second-order valence-corrected chi connectivity index (χ2v) is 7.22. The zero-order valence-corrected chi connectivity index (χ0v) is 17.1. The number of rotatable bonds is 6. The van der Waals surface area contributed by atoms with E-state index in [2.05, 4.69) is 19.9 Å². The third kappa shape index (κ3) is 3.68. The predicted octanol–water partition coefficient (Wildman–Crippen LogP) is 3.76. The van der Waals surface area contributed by atoms with Crippen molar-refractivity contribution < 1.29 is 9.53 Å². The molecule has 0 aliphatic heterocycles. The summed E-state index contributed by atoms with van der Waals surface area (Å²) in [5.74, 6) is 0.258. The first-order valence-corrected chi connectivity index (χ1v) is 9.92. The largest absolute Gasteiger partial charge is 0.462 e. The minimum Gasteiger partial charge on any atom is -0.462 e. The fraction of sp³-hybridized carbons (Fsp3) is 0.200. The molecule has 0 amide bonds. The van der Waals surface area contributed by atoms with E-state index in [1.165, 1.54) is 18.1 Å². The molecule has 29 heavy (non-hydrogen) atoms. The highest BCUT2D eigenvalue weighted by Crippen LogP contribution is 2.27. The Morgan fingerprint density at radius 3 is 2.79 bits per heavy atom. The Kier molecular flexibility index (Phi) is 5.22. The van der Waals surface area contributed by atoms with Crippen molar-refractivity contribution in [2.24, 2.45) is 7.05 Å². The van der Waals surface area contributed by atoms with Gasteiger partial charge < -0.3 is 9.46 Å². The van der Waals surface area contributed by atoms with Crippen molar-refractivity contribution >= 4 is 34.5 Å². The van der Waals surface area contributed by atoms with Gasteiger partial charge in [0.15, 0.2) is 5.82 Å². The Labute approximate surface area is 172 Å². The zero-order valence-electron chi connectivity index (χ0n) is 16.3. The summed E-state index contributed by atoms with van der Waals surface area (Å²) >= 11 is 1.47. The number of pyridine rings is 1. The monoisotopic (exact) mass is 408 g/mol. The first kappa shape index (κ1) is 19.0. The van der Waals surface area contributed by atoms with Crippen LogP contribution in [0.1, 0.15) is 23.0 Å². The van der Waals surface area contributed by atoms with Crippen LogP contribution in [0.3, 0.4) is 0 Å². The number of para-hydroxylation sites is 1. The smallest absolute Gasteiger partial charge is 0.341 e. The number of aryl methyl sites for hydroxylation is 1. The molecule has 148 valence electrons. The average molecular weight is 408 g/mol. The summed E-state index contributed by atoms with van der Waals surface area (Å²) < 4.78 is 11.9. The summed E-state index contributed by atoms with van der Waals surface area (Å²) in [5.41, 5.74) is 3.16. The topological polar surface area (TPSA) is 86.9 Å². The molecule has 0 aliphatic rings. The molecular formula is C20H20N6O2S. The number of fused-ring (bicyclic) bond motifs is 1. The fourth-order valence-electron chi connectivity index (χ4n) is 3.04. The van der Waals surface area contributed by atoms with Crippen molar-refractivity contribution in [1.29, 1.82) is 0 Å². The molecule has 3 heterocycles. The van der Waals surface area contributed by atoms with Gasteiger partial charge in [-0.3, -0.25) is 4.68 Å². The van der Waals surface area contributed by atoms with Gasteiger partial charge in [0.1, 0.15) is 5.56 Å². The molecule has 9 heteroatoms. The summed E-state index contributed by atoms with van der Waals surface area (Å²) in [6.07, 6.45) is 5.12. The Bertz CT molecular complexity index is 1170. The van der Waals surface area contributed by atoms with Crippen LogP contribution >= 0.6 is 11.9 Å². The number of benzene rings is 1. The van der Waals surface area contributed by atoms with Gasteiger partial charge in [-0.15, -0.1) is 0 Å². The number of ether oxygens (including phenoxy) is 1. The lowest BCUT2D eigenvalue weighted by Gasteiger charge is -2.09. The SMILES string of the molecule is CCOC(=O)c1cnn(-c2ccc(SNc3cccc4cnn(C)c34)cn2)c1C. The number of aromatic nitrogens is 5. The molecule has 0 fully saturated rings. The minimum absolute atomic E-state index is 0.327. The van der Waals surface area contributed by atoms with Gasteiger partial charge in [0.2, 0.25) is 0 Å². The Morgan fingerprint density at radius 2 is 2.03 bits per heavy atom. The molecule has 3 aromatic heterocycles. The molecule has 0 bridgehead atoms. The average Bonchev–Trinajstić information content (AvgIpc) is 3.30. The molecule has 0 saturated carbocycles. The molecule has 4 rings (SSSR count). The van der Waals surface area contributed by atoms with E-state index in [1.807, 2.05) is 55.2 Å². The van der Waals surface area contributed by atoms with E-state index >= 15 is 0 Å². The van der Waals surface area contributed by atoms with Crippen LogP contribution in [-0.2, 0) is 11.8 Å². The number of hydrogen-bond donors (Lipinski definition) is 1. The molecule has 0 saturated heterocycles. The van der Waals surface area contributed by atoms with Gasteiger partial charge in [0.05, 0.1) is 35.9 Å². The van der Waals surface area contributed by atoms with Crippen LogP contribution in [0.25, 0.3) is 16.7 Å². The Balaban J connectivity index is 1.50. The number of anilines is 1. The van der Waals surface area contributed by atoms with Crippen LogP contribution in [-0.4, -0.2) is 37.1 Å². The number of esters is 1. The van der Waals surface area contributed by atoms with Crippen molar-refractivity contribution in [3.8, 4) is 5.82 Å². The second kappa shape index (κ2) is 7.96. The maximum atomic E-state index is 12.0. The molecule has 0 aliphatic carbocycles. The van der Waals surface area contributed by atoms with Crippen LogP contribution in [0.4, 0.5) is 5.69 Å². The predicted molar refractivity (Wildman–Crippen MR) is 112 cm³/mol. The zero-order chi connectivity index (χ0) is 20.4. The van der Waals surface area contributed by atoms with Gasteiger partial charge in [-0.2, -0.15) is 10.2 Å². The molecule has 4 aromatic rings. The van der Waals surface area contributed by atoms with Crippen molar-refractivity contribution in [2.45, 2.75) is 18.7 Å². The first-order chi connectivity index (χ1) is 14.1. The van der Waals surface area contributed by atoms with E-state index in [0.717, 1.165) is 21.5 Å². The van der Waals surface area contributed by atoms with E-state index in [4.69, 9.17) is 4.74 Å². The van der Waals surface area contributed by atoms with Crippen LogP contribution in [0.2, 0.25) is 0 Å². The number of carbonyl (C=O) groups excluding carboxylic acids is 1. The third-order valence-electron chi connectivity index (χ3n) is 4.48. The third-order valence-corrected chi connectivity index (χ3v) is 5.28. The van der Waals surface area contributed by atoms with E-state index in [-0.39, 0.29) is 5.97 Å². The van der Waals surface area contributed by atoms with Crippen molar-refractivity contribution in [1.82, 2.24) is 24.5 Å². The van der Waals surface area contributed by atoms with E-state index in [1.54, 1.807) is 17.8 Å². The maximum Gasteiger partial charge on any atom is 0.341 e. The molecule has 0 radical (unpaired) electrons. The van der Waals surface area contributed by atoms with Crippen molar-refractivity contribution in [3.63, 3.8) is 0 Å². The van der Waals surface area contributed by atoms with Gasteiger partial charge >= 0.3 is 5.97 Å². The number of carbonyl (C=O) groups is 1. The van der Waals surface area contributed by atoms with Gasteiger partial charge in [-0.25, -0.2) is 14.5 Å². The van der Waals surface area contributed by atoms with Crippen LogP contribution in [0.5, 0.6) is 0 Å². The first-order valence-electron chi connectivity index (χ1n) is 9.10. The van der Waals surface area contributed by atoms with E-state index < -0.39 is 0 Å². The number of hydrogen-bond acceptors (Lipinski definition) is 7. The van der Waals surface area contributed by atoms with E-state index in [0.29, 0.717) is 23.7 Å². The summed E-state index contributed by atoms with van der Waals surface area (Å²) in [7, 11) is 1.92. The molecule has 1 aromatic carbocycles. The summed E-state index contributed by atoms with van der Waals surface area (Å²) in [5, 5.41) is 9.66. The fourth-order valence-corrected chi connectivity index (χ4v) is 3.67. The highest BCUT2D eigenvalue weighted by atomic mass is 32.2. The maximum absolute atomic E-state index is 12.0. The molecular weight excluding hydrogens is 388 g/mol. The number of nitrogens with zero attached hydrogens (tertiary/aromatic N) is 5. The van der Waals surface area contributed by atoms with Gasteiger partial charge in [-0.1, -0.05) is 12.1 Å². The van der Waals surface area contributed by atoms with Crippen LogP contribution in [0, 0.1) is 6.92 Å². The van der Waals surface area contributed by atoms with Crippen molar-refractivity contribution in [3.05, 3.63) is 60.2 Å². The van der Waals surface area contributed by atoms with Gasteiger partial charge in [0, 0.05) is 23.5 Å². The number of nitrogens with one attached hydrogen (secondary N) is 1. The highest BCUT2D eigenvalue weighted by molar-refractivity contribution is 8.00. The normalized spacial score (nSPS) is 11.0. The Morgan fingerprint density at radius 1 is 1.17 bits per heavy atom. The molecule has 1 N–H and O–H groups in total. The standard InChI is InChI=1S/C20H20N6O2S/c1-4-28-20(27)16-12-23-26(13(16)2)18-9-8-15(11-21-18)29-24-17-7-5-6-14-10-22-25(3)19(14)17/h5-12,24H,4H2,1-3H3. The lowest BCUT2D eigenvalue weighted by Crippen LogP contribution is -2.07. The lowest BCUT2D eigenvalue weighted by atomic mass is 10.2. The summed E-state index contributed by atoms with van der Waals surface area (Å²) in [6, 6.07) is 9.86. The second-order valence-electron chi connectivity index (χ2n) is 6.34. The lowest BCUT2D eigenvalue weighted by molar-refractivity contribution is 0.0525. The van der Waals surface area contributed by atoms with E-state index in [9.17, 15) is 4.79 Å². The minimum atomic E-state index is -0.378. The molecule has 0 spiro atoms. The summed E-state index contributed by atoms with van der Waals surface area (Å²) in [6.45, 7) is 3.92. The van der Waals surface area contributed by atoms with Gasteiger partial charge in [0.25, 0.3) is 0 Å². The van der Waals surface area contributed by atoms with Crippen LogP contribution in [0.15, 0.2) is 53.8 Å². The molecule has 8 nitrogen and oxygen atoms in total.